The molecule has 0 aromatic heterocycles. The molecule has 0 atom stereocenters. The molecule has 0 aliphatic heterocycles. The third kappa shape index (κ3) is 66.0. The van der Waals surface area contributed by atoms with Crippen molar-refractivity contribution >= 4 is 0 Å². The van der Waals surface area contributed by atoms with E-state index in [1.165, 1.54) is 0 Å². The molecule has 0 unspecified atom stereocenters. The molecule has 0 rings (SSSR count). The maximum absolute atomic E-state index is 8.19. The molecule has 0 aromatic carbocycles. The second-order valence-corrected chi connectivity index (χ2v) is 3.46. The second-order valence-electron chi connectivity index (χ2n) is 3.46. The molecular weight excluding hydrogens is 295 g/mol. The van der Waals surface area contributed by atoms with Gasteiger partial charge in [0.15, 0.2) is 0 Å². The van der Waals surface area contributed by atoms with Crippen LogP contribution in [0.4, 0.5) is 0 Å². The van der Waals surface area contributed by atoms with E-state index in [2.05, 4.69) is 19.7 Å². The van der Waals surface area contributed by atoms with E-state index in [0.717, 1.165) is 55.9 Å². The molecule has 0 bridgehead atoms. The van der Waals surface area contributed by atoms with Crippen molar-refractivity contribution < 1.29 is 36.4 Å². The molecule has 0 saturated heterocycles. The molecule has 0 radical (unpaired) electrons. The van der Waals surface area contributed by atoms with E-state index in [0.29, 0.717) is 0 Å². The van der Waals surface area contributed by atoms with Crippen LogP contribution in [0.5, 0.6) is 0 Å². The molecule has 119 valence electrons. The zero-order valence-electron chi connectivity index (χ0n) is 12.4. The van der Waals surface area contributed by atoms with E-state index in [4.69, 9.17) is 19.0 Å². The van der Waals surface area contributed by atoms with Crippen molar-refractivity contribution in [3.8, 4) is 0 Å². The average molecular weight is 325 g/mol. The van der Waals surface area contributed by atoms with Gasteiger partial charge in [-0.25, -0.2) is 0 Å². The fourth-order valence-corrected chi connectivity index (χ4v) is 0.707. The molecule has 0 aliphatic carbocycles. The van der Waals surface area contributed by atoms with Crippen LogP contribution in [0.2, 0.25) is 0 Å². The minimum atomic E-state index is 0.284. The summed E-state index contributed by atoms with van der Waals surface area (Å²) in [5.41, 5.74) is 0. The van der Waals surface area contributed by atoms with Crippen LogP contribution in [0.25, 0.3) is 0 Å². The van der Waals surface area contributed by atoms with Gasteiger partial charge < -0.3 is 15.3 Å². The zero-order valence-corrected chi connectivity index (χ0v) is 13.8. The van der Waals surface area contributed by atoms with Gasteiger partial charge in [-0.3, -0.25) is 0 Å². The third-order valence-corrected chi connectivity index (χ3v) is 1.70. The van der Waals surface area contributed by atoms with Crippen LogP contribution in [0, 0.1) is 0 Å². The van der Waals surface area contributed by atoms with E-state index >= 15 is 0 Å². The van der Waals surface area contributed by atoms with Gasteiger partial charge in [-0.2, -0.15) is 0 Å². The number of aliphatic hydroxyl groups is 3. The SMILES string of the molecule is C=CCCCO.C=CCCCO.C=CCCCO.[O]=[V]. The van der Waals surface area contributed by atoms with Crippen molar-refractivity contribution in [3.05, 3.63) is 38.0 Å². The first kappa shape index (κ1) is 27.8. The van der Waals surface area contributed by atoms with E-state index in [-0.39, 0.29) is 19.8 Å². The summed E-state index contributed by atoms with van der Waals surface area (Å²) in [4.78, 5) is 0. The Balaban J connectivity index is -0.0000000902. The number of rotatable bonds is 9. The van der Waals surface area contributed by atoms with Crippen LogP contribution in [0.1, 0.15) is 38.5 Å². The van der Waals surface area contributed by atoms with Gasteiger partial charge in [0.25, 0.3) is 0 Å². The third-order valence-electron chi connectivity index (χ3n) is 1.70. The van der Waals surface area contributed by atoms with Crippen molar-refractivity contribution in [1.82, 2.24) is 0 Å². The Morgan fingerprint density at radius 2 is 0.850 bits per heavy atom. The summed E-state index contributed by atoms with van der Waals surface area (Å²) in [5.74, 6) is 0. The van der Waals surface area contributed by atoms with Crippen LogP contribution < -0.4 is 0 Å². The molecule has 0 spiro atoms. The summed E-state index contributed by atoms with van der Waals surface area (Å²) >= 11 is 1.06. The van der Waals surface area contributed by atoms with E-state index in [1.54, 1.807) is 18.2 Å². The van der Waals surface area contributed by atoms with Crippen molar-refractivity contribution in [1.29, 1.82) is 0 Å². The maximum atomic E-state index is 8.19. The molecule has 5 heteroatoms. The number of aliphatic hydroxyl groups excluding tert-OH is 3. The number of hydrogen-bond donors (Lipinski definition) is 3. The summed E-state index contributed by atoms with van der Waals surface area (Å²) in [7, 11) is 0. The average Bonchev–Trinajstić information content (AvgIpc) is 2.52. The van der Waals surface area contributed by atoms with Crippen LogP contribution >= 0.6 is 0 Å². The van der Waals surface area contributed by atoms with Crippen molar-refractivity contribution in [3.63, 3.8) is 0 Å². The quantitative estimate of drug-likeness (QED) is 0.450. The molecule has 20 heavy (non-hydrogen) atoms. The monoisotopic (exact) mass is 325 g/mol. The Labute approximate surface area is 133 Å². The first-order valence-corrected chi connectivity index (χ1v) is 7.15. The topological polar surface area (TPSA) is 77.8 Å². The molecule has 0 saturated carbocycles. The van der Waals surface area contributed by atoms with Gasteiger partial charge in [-0.15, -0.1) is 19.7 Å². The summed E-state index contributed by atoms with van der Waals surface area (Å²) in [6.45, 7) is 11.3. The standard InChI is InChI=1S/3C5H10O.O.V/c3*1-2-3-4-5-6;;/h3*2,6H,1,3-5H2;;. The molecular formula is C15H30O4V. The van der Waals surface area contributed by atoms with Crippen LogP contribution in [-0.2, 0) is 21.0 Å². The van der Waals surface area contributed by atoms with Gasteiger partial charge in [-0.1, -0.05) is 18.2 Å². The van der Waals surface area contributed by atoms with Gasteiger partial charge in [0.1, 0.15) is 0 Å². The first-order chi connectivity index (χ1) is 9.74. The predicted molar refractivity (Wildman–Crippen MR) is 80.2 cm³/mol. The van der Waals surface area contributed by atoms with Gasteiger partial charge >= 0.3 is 21.0 Å². The van der Waals surface area contributed by atoms with Crippen LogP contribution in [0.3, 0.4) is 0 Å². The summed E-state index contributed by atoms with van der Waals surface area (Å²) in [6, 6.07) is 0. The van der Waals surface area contributed by atoms with Gasteiger partial charge in [0, 0.05) is 19.8 Å². The zero-order chi connectivity index (χ0) is 16.5. The van der Waals surface area contributed by atoms with Crippen molar-refractivity contribution in [2.45, 2.75) is 38.5 Å². The normalized spacial score (nSPS) is 7.50. The minimum absolute atomic E-state index is 0.284. The number of unbranched alkanes of at least 4 members (excludes halogenated alkanes) is 3. The Bertz CT molecular complexity index is 147. The van der Waals surface area contributed by atoms with Gasteiger partial charge in [0.05, 0.1) is 0 Å². The number of hydrogen-bond acceptors (Lipinski definition) is 4. The van der Waals surface area contributed by atoms with Crippen LogP contribution in [0.15, 0.2) is 38.0 Å². The van der Waals surface area contributed by atoms with E-state index < -0.39 is 0 Å². The number of allylic oxidation sites excluding steroid dienone is 3. The van der Waals surface area contributed by atoms with Gasteiger partial charge in [-0.05, 0) is 38.5 Å². The molecule has 0 fully saturated rings. The molecule has 0 aliphatic rings. The summed E-state index contributed by atoms with van der Waals surface area (Å²) < 4.78 is 8.19. The molecule has 3 N–H and O–H groups in total. The van der Waals surface area contributed by atoms with Crippen molar-refractivity contribution in [2.75, 3.05) is 19.8 Å². The fourth-order valence-electron chi connectivity index (χ4n) is 0.707. The Kier molecular flexibility index (Phi) is 59.5. The second kappa shape index (κ2) is 42.8. The summed E-state index contributed by atoms with van der Waals surface area (Å²) in [6.07, 6.45) is 10.7. The molecule has 0 heterocycles. The van der Waals surface area contributed by atoms with Crippen LogP contribution in [-0.4, -0.2) is 35.1 Å². The van der Waals surface area contributed by atoms with E-state index in [1.807, 2.05) is 0 Å². The summed E-state index contributed by atoms with van der Waals surface area (Å²) in [5, 5.41) is 24.4. The Hall–Kier alpha value is -0.516. The van der Waals surface area contributed by atoms with Gasteiger partial charge in [0.2, 0.25) is 0 Å². The molecule has 4 nitrogen and oxygen atoms in total. The van der Waals surface area contributed by atoms with E-state index in [9.17, 15) is 0 Å². The Morgan fingerprint density at radius 3 is 0.900 bits per heavy atom. The molecule has 0 amide bonds. The van der Waals surface area contributed by atoms with Crippen molar-refractivity contribution in [2.24, 2.45) is 0 Å². The molecule has 0 aromatic rings. The first-order valence-electron chi connectivity index (χ1n) is 6.58. The fraction of sp³-hybridized carbons (Fsp3) is 0.600. The predicted octanol–water partition coefficient (Wildman–Crippen LogP) is 2.71. The Morgan fingerprint density at radius 1 is 0.650 bits per heavy atom.